The number of ether oxygens (including phenoxy) is 1. The molecule has 0 aliphatic carbocycles. The summed E-state index contributed by atoms with van der Waals surface area (Å²) in [5.41, 5.74) is 6.19. The van der Waals surface area contributed by atoms with Crippen molar-refractivity contribution in [2.45, 2.75) is 0 Å². The summed E-state index contributed by atoms with van der Waals surface area (Å²) in [6, 6.07) is 7.39. The fourth-order valence-electron chi connectivity index (χ4n) is 0.666. The highest BCUT2D eigenvalue weighted by atomic mass is 127. The largest absolute Gasteiger partial charge is 0.495 e. The lowest BCUT2D eigenvalue weighted by atomic mass is 10.3. The van der Waals surface area contributed by atoms with Crippen LogP contribution in [0.3, 0.4) is 0 Å². The van der Waals surface area contributed by atoms with Crippen LogP contribution in [-0.4, -0.2) is 7.11 Å². The van der Waals surface area contributed by atoms with Crippen molar-refractivity contribution in [3.63, 3.8) is 0 Å². The van der Waals surface area contributed by atoms with Crippen LogP contribution in [-0.2, 0) is 0 Å². The molecule has 0 saturated carbocycles. The van der Waals surface area contributed by atoms with Gasteiger partial charge in [-0.1, -0.05) is 12.1 Å². The standard InChI is InChI=1S/C7H9NO.HI/c1-9-7-5-3-2-4-6(7)8;/h2-5H,8H2,1H3;1H. The van der Waals surface area contributed by atoms with Gasteiger partial charge in [-0.25, -0.2) is 0 Å². The Bertz CT molecular complexity index is 203. The van der Waals surface area contributed by atoms with Crippen LogP contribution < -0.4 is 10.5 Å². The number of nitrogen functional groups attached to an aromatic ring is 1. The third kappa shape index (κ3) is 2.06. The lowest BCUT2D eigenvalue weighted by molar-refractivity contribution is 0.417. The van der Waals surface area contributed by atoms with E-state index in [1.807, 2.05) is 18.2 Å². The molecule has 56 valence electrons. The molecule has 0 aromatic heterocycles. The predicted molar refractivity (Wildman–Crippen MR) is 52.8 cm³/mol. The second-order valence-electron chi connectivity index (χ2n) is 1.74. The minimum absolute atomic E-state index is 0. The average Bonchev–Trinajstić information content (AvgIpc) is 1.89. The van der Waals surface area contributed by atoms with E-state index in [0.717, 1.165) is 5.75 Å². The fourth-order valence-corrected chi connectivity index (χ4v) is 0.666. The molecule has 1 aromatic carbocycles. The second kappa shape index (κ2) is 4.38. The van der Waals surface area contributed by atoms with Gasteiger partial charge in [0.05, 0.1) is 12.8 Å². The number of hydrogen-bond acceptors (Lipinski definition) is 2. The number of methoxy groups -OCH3 is 1. The Morgan fingerprint density at radius 3 is 2.30 bits per heavy atom. The molecule has 1 rings (SSSR count). The molecule has 0 spiro atoms. The molecule has 0 unspecified atom stereocenters. The van der Waals surface area contributed by atoms with Crippen LogP contribution in [0.4, 0.5) is 5.69 Å². The number of halogens is 1. The van der Waals surface area contributed by atoms with Crippen LogP contribution in [0.25, 0.3) is 0 Å². The summed E-state index contributed by atoms with van der Waals surface area (Å²) in [5, 5.41) is 0. The van der Waals surface area contributed by atoms with Crippen molar-refractivity contribution < 1.29 is 4.74 Å². The number of benzene rings is 1. The van der Waals surface area contributed by atoms with Gasteiger partial charge in [0, 0.05) is 0 Å². The normalized spacial score (nSPS) is 8.10. The van der Waals surface area contributed by atoms with Crippen LogP contribution in [0.15, 0.2) is 24.3 Å². The summed E-state index contributed by atoms with van der Waals surface area (Å²) in [7, 11) is 1.60. The number of anilines is 1. The van der Waals surface area contributed by atoms with E-state index in [-0.39, 0.29) is 24.0 Å². The molecule has 0 atom stereocenters. The van der Waals surface area contributed by atoms with Crippen molar-refractivity contribution in [3.05, 3.63) is 24.3 Å². The average molecular weight is 251 g/mol. The Morgan fingerprint density at radius 1 is 1.30 bits per heavy atom. The topological polar surface area (TPSA) is 35.2 Å². The molecule has 0 saturated heterocycles. The molecule has 0 aliphatic heterocycles. The first-order chi connectivity index (χ1) is 4.34. The molecule has 10 heavy (non-hydrogen) atoms. The van der Waals surface area contributed by atoms with Crippen molar-refractivity contribution >= 4 is 29.7 Å². The molecular weight excluding hydrogens is 241 g/mol. The van der Waals surface area contributed by atoms with Gasteiger partial charge in [0.1, 0.15) is 5.75 Å². The quantitative estimate of drug-likeness (QED) is 0.611. The monoisotopic (exact) mass is 251 g/mol. The van der Waals surface area contributed by atoms with Crippen LogP contribution >= 0.6 is 24.0 Å². The zero-order chi connectivity index (χ0) is 6.69. The minimum atomic E-state index is 0. The highest BCUT2D eigenvalue weighted by Gasteiger charge is 1.91. The van der Waals surface area contributed by atoms with Crippen molar-refractivity contribution in [2.75, 3.05) is 12.8 Å². The fraction of sp³-hybridized carbons (Fsp3) is 0.143. The van der Waals surface area contributed by atoms with E-state index in [1.54, 1.807) is 13.2 Å². The molecule has 2 nitrogen and oxygen atoms in total. The summed E-state index contributed by atoms with van der Waals surface area (Å²) < 4.78 is 4.92. The Kier molecular flexibility index (Phi) is 4.18. The van der Waals surface area contributed by atoms with Gasteiger partial charge in [0.25, 0.3) is 0 Å². The van der Waals surface area contributed by atoms with Crippen LogP contribution in [0, 0.1) is 0 Å². The first-order valence-corrected chi connectivity index (χ1v) is 2.73. The van der Waals surface area contributed by atoms with Gasteiger partial charge in [-0.05, 0) is 12.1 Å². The van der Waals surface area contributed by atoms with E-state index in [4.69, 9.17) is 10.5 Å². The lowest BCUT2D eigenvalue weighted by Crippen LogP contribution is -1.89. The van der Waals surface area contributed by atoms with Crippen molar-refractivity contribution in [1.29, 1.82) is 0 Å². The summed E-state index contributed by atoms with van der Waals surface area (Å²) in [4.78, 5) is 0. The number of nitrogens with two attached hydrogens (primary N) is 1. The third-order valence-corrected chi connectivity index (χ3v) is 1.14. The molecule has 0 radical (unpaired) electrons. The minimum Gasteiger partial charge on any atom is -0.495 e. The van der Waals surface area contributed by atoms with Gasteiger partial charge in [0.2, 0.25) is 0 Å². The van der Waals surface area contributed by atoms with E-state index in [1.165, 1.54) is 0 Å². The van der Waals surface area contributed by atoms with E-state index < -0.39 is 0 Å². The van der Waals surface area contributed by atoms with Gasteiger partial charge in [0.15, 0.2) is 0 Å². The van der Waals surface area contributed by atoms with Crippen molar-refractivity contribution in [3.8, 4) is 5.75 Å². The smallest absolute Gasteiger partial charge is 0.141 e. The second-order valence-corrected chi connectivity index (χ2v) is 1.74. The Labute approximate surface area is 77.4 Å². The molecular formula is C7H10INO. The Morgan fingerprint density at radius 2 is 1.90 bits per heavy atom. The molecule has 1 aromatic rings. The van der Waals surface area contributed by atoms with Crippen LogP contribution in [0.5, 0.6) is 5.75 Å². The van der Waals surface area contributed by atoms with Gasteiger partial charge in [-0.2, -0.15) is 0 Å². The molecule has 2 N–H and O–H groups in total. The molecule has 0 amide bonds. The predicted octanol–water partition coefficient (Wildman–Crippen LogP) is 1.90. The maximum Gasteiger partial charge on any atom is 0.141 e. The van der Waals surface area contributed by atoms with E-state index >= 15 is 0 Å². The number of para-hydroxylation sites is 2. The zero-order valence-electron chi connectivity index (χ0n) is 5.70. The van der Waals surface area contributed by atoms with Gasteiger partial charge in [-0.3, -0.25) is 0 Å². The summed E-state index contributed by atoms with van der Waals surface area (Å²) in [5.74, 6) is 0.734. The Balaban J connectivity index is 0.000000810. The molecule has 0 bridgehead atoms. The summed E-state index contributed by atoms with van der Waals surface area (Å²) in [6.07, 6.45) is 0. The van der Waals surface area contributed by atoms with Gasteiger partial charge >= 0.3 is 0 Å². The first kappa shape index (κ1) is 9.55. The number of hydrogen-bond donors (Lipinski definition) is 1. The maximum atomic E-state index is 5.51. The highest BCUT2D eigenvalue weighted by molar-refractivity contribution is 14.0. The zero-order valence-corrected chi connectivity index (χ0v) is 8.03. The summed E-state index contributed by atoms with van der Waals surface area (Å²) >= 11 is 0. The molecule has 0 heterocycles. The SMILES string of the molecule is COc1ccccc1N.I. The van der Waals surface area contributed by atoms with E-state index in [0.29, 0.717) is 5.69 Å². The molecule has 0 fully saturated rings. The van der Waals surface area contributed by atoms with Crippen molar-refractivity contribution in [2.24, 2.45) is 0 Å². The molecule has 0 aliphatic rings. The summed E-state index contributed by atoms with van der Waals surface area (Å²) in [6.45, 7) is 0. The van der Waals surface area contributed by atoms with Crippen molar-refractivity contribution in [1.82, 2.24) is 0 Å². The first-order valence-electron chi connectivity index (χ1n) is 2.73. The number of rotatable bonds is 1. The lowest BCUT2D eigenvalue weighted by Gasteiger charge is -2.00. The maximum absolute atomic E-state index is 5.51. The third-order valence-electron chi connectivity index (χ3n) is 1.14. The molecule has 3 heteroatoms. The van der Waals surface area contributed by atoms with E-state index in [9.17, 15) is 0 Å². The Hall–Kier alpha value is -0.450. The van der Waals surface area contributed by atoms with Crippen LogP contribution in [0.2, 0.25) is 0 Å². The van der Waals surface area contributed by atoms with Crippen LogP contribution in [0.1, 0.15) is 0 Å². The highest BCUT2D eigenvalue weighted by Crippen LogP contribution is 2.18. The van der Waals surface area contributed by atoms with Gasteiger partial charge < -0.3 is 10.5 Å². The van der Waals surface area contributed by atoms with E-state index in [2.05, 4.69) is 0 Å². The van der Waals surface area contributed by atoms with Gasteiger partial charge in [-0.15, -0.1) is 24.0 Å².